The zero-order valence-corrected chi connectivity index (χ0v) is 16.2. The van der Waals surface area contributed by atoms with Crippen LogP contribution in [0.15, 0.2) is 28.2 Å². The number of halogens is 1. The number of carbonyl (C=O) groups excluding carboxylic acids is 1. The first-order chi connectivity index (χ1) is 12.4. The Morgan fingerprint density at radius 1 is 1.46 bits per heavy atom. The van der Waals surface area contributed by atoms with Crippen LogP contribution in [0.3, 0.4) is 0 Å². The Labute approximate surface area is 161 Å². The number of thioether (sulfide) groups is 1. The van der Waals surface area contributed by atoms with Crippen molar-refractivity contribution in [2.24, 2.45) is 17.0 Å². The molecule has 1 aromatic carbocycles. The van der Waals surface area contributed by atoms with Gasteiger partial charge in [-0.25, -0.2) is 4.85 Å². The van der Waals surface area contributed by atoms with Crippen LogP contribution in [0.2, 0.25) is 5.02 Å². The van der Waals surface area contributed by atoms with Crippen molar-refractivity contribution in [1.82, 2.24) is 0 Å². The summed E-state index contributed by atoms with van der Waals surface area (Å²) in [6, 6.07) is 4.73. The highest BCUT2D eigenvalue weighted by Gasteiger charge is 2.42. The van der Waals surface area contributed by atoms with Crippen molar-refractivity contribution in [2.75, 3.05) is 6.61 Å². The quantitative estimate of drug-likeness (QED) is 0.225. The van der Waals surface area contributed by atoms with Gasteiger partial charge in [0, 0.05) is 33.7 Å². The molecule has 0 amide bonds. The molecule has 1 fully saturated rings. The van der Waals surface area contributed by atoms with E-state index in [2.05, 4.69) is 14.9 Å². The van der Waals surface area contributed by atoms with E-state index in [1.165, 1.54) is 18.7 Å². The van der Waals surface area contributed by atoms with Crippen molar-refractivity contribution in [1.29, 1.82) is 0 Å². The molecule has 0 spiro atoms. The van der Waals surface area contributed by atoms with Crippen LogP contribution in [0.25, 0.3) is 15.3 Å². The Morgan fingerprint density at radius 2 is 2.19 bits per heavy atom. The monoisotopic (exact) mass is 394 g/mol. The normalized spacial score (nSPS) is 27.9. The number of nitrogens with zero attached hydrogens (tertiary/aromatic N) is 4. The molecule has 9 heteroatoms. The van der Waals surface area contributed by atoms with Crippen molar-refractivity contribution < 1.29 is 14.3 Å². The lowest BCUT2D eigenvalue weighted by Crippen LogP contribution is -2.48. The van der Waals surface area contributed by atoms with Gasteiger partial charge in [0.25, 0.3) is 0 Å². The molecule has 0 radical (unpaired) electrons. The molecular weight excluding hydrogens is 376 g/mol. The number of hydrogen-bond acceptors (Lipinski definition) is 5. The van der Waals surface area contributed by atoms with Crippen molar-refractivity contribution in [2.45, 2.75) is 43.2 Å². The molecule has 7 nitrogen and oxygen atoms in total. The van der Waals surface area contributed by atoms with Gasteiger partial charge in [0.1, 0.15) is 12.0 Å². The molecule has 0 saturated carbocycles. The van der Waals surface area contributed by atoms with Gasteiger partial charge >= 0.3 is 5.97 Å². The molecule has 138 valence electrons. The van der Waals surface area contributed by atoms with Gasteiger partial charge in [-0.15, -0.1) is 11.8 Å². The number of carbonyl (C=O) groups is 1. The van der Waals surface area contributed by atoms with Crippen LogP contribution < -0.4 is 0 Å². The predicted octanol–water partition coefficient (Wildman–Crippen LogP) is 5.22. The van der Waals surface area contributed by atoms with Crippen LogP contribution in [-0.4, -0.2) is 30.2 Å². The highest BCUT2D eigenvalue weighted by molar-refractivity contribution is 8.00. The Hall–Kier alpha value is -1.91. The summed E-state index contributed by atoms with van der Waals surface area (Å²) < 4.78 is 11.2. The van der Waals surface area contributed by atoms with E-state index in [1.54, 1.807) is 18.2 Å². The Bertz CT molecular complexity index is 763. The molecule has 1 aliphatic rings. The molecule has 26 heavy (non-hydrogen) atoms. The SMILES string of the molecule is [C-]#[N+]c1ccc(Cl)cc1S[C@H]1OC(COC(C)=O)[C@H](C)[C@H](N=[N+]=[N-])C1C. The molecule has 0 bridgehead atoms. The average molecular weight is 395 g/mol. The van der Waals surface area contributed by atoms with Gasteiger partial charge in [-0.1, -0.05) is 42.7 Å². The lowest BCUT2D eigenvalue weighted by molar-refractivity contribution is -0.153. The van der Waals surface area contributed by atoms with Crippen LogP contribution in [-0.2, 0) is 14.3 Å². The van der Waals surface area contributed by atoms with Crippen LogP contribution in [0, 0.1) is 18.4 Å². The summed E-state index contributed by atoms with van der Waals surface area (Å²) >= 11 is 7.43. The Kier molecular flexibility index (Phi) is 7.18. The third-order valence-corrected chi connectivity index (χ3v) is 5.91. The Balaban J connectivity index is 2.28. The lowest BCUT2D eigenvalue weighted by Gasteiger charge is -2.42. The molecule has 2 unspecified atom stereocenters. The van der Waals surface area contributed by atoms with E-state index < -0.39 is 12.1 Å². The van der Waals surface area contributed by atoms with E-state index in [-0.39, 0.29) is 29.9 Å². The van der Waals surface area contributed by atoms with E-state index in [9.17, 15) is 4.79 Å². The van der Waals surface area contributed by atoms with Crippen LogP contribution in [0.1, 0.15) is 20.8 Å². The topological polar surface area (TPSA) is 88.6 Å². The van der Waals surface area contributed by atoms with Gasteiger partial charge in [0.2, 0.25) is 5.69 Å². The van der Waals surface area contributed by atoms with Crippen LogP contribution in [0.4, 0.5) is 5.69 Å². The van der Waals surface area contributed by atoms with Crippen molar-refractivity contribution >= 4 is 35.0 Å². The number of azide groups is 1. The van der Waals surface area contributed by atoms with Crippen molar-refractivity contribution in [3.05, 3.63) is 45.1 Å². The smallest absolute Gasteiger partial charge is 0.302 e. The molecule has 1 aromatic rings. The van der Waals surface area contributed by atoms with E-state index in [0.717, 1.165) is 0 Å². The van der Waals surface area contributed by atoms with E-state index >= 15 is 0 Å². The van der Waals surface area contributed by atoms with Crippen molar-refractivity contribution in [3.8, 4) is 0 Å². The maximum atomic E-state index is 11.1. The molecule has 5 atom stereocenters. The van der Waals surface area contributed by atoms with Gasteiger partial charge in [0.15, 0.2) is 0 Å². The summed E-state index contributed by atoms with van der Waals surface area (Å²) in [5, 5.41) is 4.46. The first kappa shape index (κ1) is 20.4. The number of ether oxygens (including phenoxy) is 2. The molecular formula is C17H19ClN4O3S. The maximum Gasteiger partial charge on any atom is 0.302 e. The van der Waals surface area contributed by atoms with Crippen LogP contribution >= 0.6 is 23.4 Å². The highest BCUT2D eigenvalue weighted by Crippen LogP contribution is 2.43. The second-order valence-electron chi connectivity index (χ2n) is 6.10. The first-order valence-electron chi connectivity index (χ1n) is 8.04. The first-order valence-corrected chi connectivity index (χ1v) is 9.29. The predicted molar refractivity (Wildman–Crippen MR) is 100 cm³/mol. The zero-order chi connectivity index (χ0) is 19.3. The fourth-order valence-corrected chi connectivity index (χ4v) is 4.37. The number of benzene rings is 1. The number of hydrogen-bond donors (Lipinski definition) is 0. The molecule has 0 N–H and O–H groups in total. The third kappa shape index (κ3) is 4.83. The van der Waals surface area contributed by atoms with Gasteiger partial charge in [-0.2, -0.15) is 0 Å². The van der Waals surface area contributed by atoms with E-state index in [0.29, 0.717) is 15.6 Å². The Morgan fingerprint density at radius 3 is 2.81 bits per heavy atom. The van der Waals surface area contributed by atoms with Gasteiger partial charge in [-0.05, 0) is 17.5 Å². The molecule has 1 heterocycles. The summed E-state index contributed by atoms with van der Waals surface area (Å²) in [6.45, 7) is 12.6. The molecule has 2 rings (SSSR count). The summed E-state index contributed by atoms with van der Waals surface area (Å²) in [7, 11) is 0. The molecule has 0 aliphatic carbocycles. The third-order valence-electron chi connectivity index (χ3n) is 4.32. The minimum atomic E-state index is -0.404. The number of esters is 1. The molecule has 1 aliphatic heterocycles. The summed E-state index contributed by atoms with van der Waals surface area (Å²) in [4.78, 5) is 18.3. The van der Waals surface area contributed by atoms with Gasteiger partial charge < -0.3 is 9.47 Å². The van der Waals surface area contributed by atoms with E-state index in [1.807, 2.05) is 13.8 Å². The average Bonchev–Trinajstić information content (AvgIpc) is 2.60. The standard InChI is InChI=1S/C17H19ClN4O3S/c1-9-14(8-24-11(3)23)25-17(10(2)16(9)21-22-19)26-15-7-12(18)5-6-13(15)20-4/h5-7,9-10,14,16-17H,8H2,1-3H3/t9-,10?,14?,16-,17+/m0/s1. The molecule has 1 saturated heterocycles. The maximum absolute atomic E-state index is 11.1. The summed E-state index contributed by atoms with van der Waals surface area (Å²) in [5.41, 5.74) is 9.02. The van der Waals surface area contributed by atoms with Crippen molar-refractivity contribution in [3.63, 3.8) is 0 Å². The second kappa shape index (κ2) is 9.15. The highest BCUT2D eigenvalue weighted by atomic mass is 35.5. The van der Waals surface area contributed by atoms with Gasteiger partial charge in [0.05, 0.1) is 12.7 Å². The molecule has 0 aromatic heterocycles. The number of rotatable bonds is 5. The summed E-state index contributed by atoms with van der Waals surface area (Å²) in [5.74, 6) is -0.608. The summed E-state index contributed by atoms with van der Waals surface area (Å²) in [6.07, 6.45) is -0.404. The fraction of sp³-hybridized carbons (Fsp3) is 0.529. The second-order valence-corrected chi connectivity index (χ2v) is 7.68. The zero-order valence-electron chi connectivity index (χ0n) is 14.6. The largest absolute Gasteiger partial charge is 0.463 e. The lowest BCUT2D eigenvalue weighted by atomic mass is 9.85. The van der Waals surface area contributed by atoms with E-state index in [4.69, 9.17) is 33.2 Å². The van der Waals surface area contributed by atoms with Gasteiger partial charge in [-0.3, -0.25) is 4.79 Å². The minimum Gasteiger partial charge on any atom is -0.463 e. The van der Waals surface area contributed by atoms with Crippen LogP contribution in [0.5, 0.6) is 0 Å². The minimum absolute atomic E-state index is 0.0863. The fourth-order valence-electron chi connectivity index (χ4n) is 2.88.